The number of hydrogen-bond donors (Lipinski definition) is 1. The summed E-state index contributed by atoms with van der Waals surface area (Å²) in [6.45, 7) is 3.74. The number of ether oxygens (including phenoxy) is 1. The third-order valence-electron chi connectivity index (χ3n) is 4.38. The number of hydrogen-bond acceptors (Lipinski definition) is 3. The highest BCUT2D eigenvalue weighted by Crippen LogP contribution is 2.38. The van der Waals surface area contributed by atoms with Crippen LogP contribution in [0.1, 0.15) is 35.3 Å². The third kappa shape index (κ3) is 6.63. The molecule has 2 rings (SSSR count). The third-order valence-corrected chi connectivity index (χ3v) is 4.38. The number of halogens is 6. The lowest BCUT2D eigenvalue weighted by Crippen LogP contribution is -2.30. The van der Waals surface area contributed by atoms with Crippen molar-refractivity contribution >= 4 is 17.5 Å². The highest BCUT2D eigenvalue weighted by molar-refractivity contribution is 5.97. The molecule has 0 spiro atoms. The standard InChI is InChI=1S/C21H20F6N2O3/c1-3-29(4-2)19(31)13-6-5-7-16(8-13)28-18(30)12-32-17-10-14(20(22,23)24)9-15(11-17)21(25,26)27/h5-11H,3-4,12H2,1-2H3,(H,28,30). The summed E-state index contributed by atoms with van der Waals surface area (Å²) >= 11 is 0. The van der Waals surface area contributed by atoms with Crippen LogP contribution < -0.4 is 10.1 Å². The predicted molar refractivity (Wildman–Crippen MR) is 104 cm³/mol. The van der Waals surface area contributed by atoms with Crippen molar-refractivity contribution in [3.63, 3.8) is 0 Å². The molecule has 0 aliphatic carbocycles. The van der Waals surface area contributed by atoms with E-state index in [1.807, 2.05) is 13.8 Å². The van der Waals surface area contributed by atoms with E-state index in [9.17, 15) is 35.9 Å². The van der Waals surface area contributed by atoms with E-state index in [0.717, 1.165) is 0 Å². The minimum Gasteiger partial charge on any atom is -0.484 e. The van der Waals surface area contributed by atoms with E-state index >= 15 is 0 Å². The number of nitrogens with one attached hydrogen (secondary N) is 1. The van der Waals surface area contributed by atoms with Gasteiger partial charge in [-0.3, -0.25) is 9.59 Å². The topological polar surface area (TPSA) is 58.6 Å². The fraction of sp³-hybridized carbons (Fsp3) is 0.333. The lowest BCUT2D eigenvalue weighted by molar-refractivity contribution is -0.143. The highest BCUT2D eigenvalue weighted by Gasteiger charge is 2.37. The SMILES string of the molecule is CCN(CC)C(=O)c1cccc(NC(=O)COc2cc(C(F)(F)F)cc(C(F)(F)F)c2)c1. The first-order valence-corrected chi connectivity index (χ1v) is 9.46. The van der Waals surface area contributed by atoms with Crippen molar-refractivity contribution in [1.82, 2.24) is 4.90 Å². The number of nitrogens with zero attached hydrogens (tertiary/aromatic N) is 1. The summed E-state index contributed by atoms with van der Waals surface area (Å²) in [5, 5.41) is 2.39. The zero-order valence-corrected chi connectivity index (χ0v) is 17.1. The Morgan fingerprint density at radius 1 is 0.906 bits per heavy atom. The molecule has 11 heteroatoms. The molecule has 0 atom stereocenters. The first-order valence-electron chi connectivity index (χ1n) is 9.46. The van der Waals surface area contributed by atoms with Gasteiger partial charge in [-0.2, -0.15) is 26.3 Å². The van der Waals surface area contributed by atoms with Crippen LogP contribution in [0.15, 0.2) is 42.5 Å². The van der Waals surface area contributed by atoms with Crippen molar-refractivity contribution in [2.45, 2.75) is 26.2 Å². The maximum atomic E-state index is 12.9. The Labute approximate surface area is 180 Å². The summed E-state index contributed by atoms with van der Waals surface area (Å²) < 4.78 is 82.3. The second kappa shape index (κ2) is 9.92. The second-order valence-electron chi connectivity index (χ2n) is 6.64. The van der Waals surface area contributed by atoms with Crippen molar-refractivity contribution in [2.24, 2.45) is 0 Å². The van der Waals surface area contributed by atoms with E-state index in [1.54, 1.807) is 11.0 Å². The molecular weight excluding hydrogens is 442 g/mol. The van der Waals surface area contributed by atoms with Crippen LogP contribution in [0.2, 0.25) is 0 Å². The van der Waals surface area contributed by atoms with Crippen molar-refractivity contribution < 1.29 is 40.7 Å². The molecule has 5 nitrogen and oxygen atoms in total. The van der Waals surface area contributed by atoms with Gasteiger partial charge in [-0.15, -0.1) is 0 Å². The van der Waals surface area contributed by atoms with E-state index in [4.69, 9.17) is 4.74 Å². The molecule has 2 aromatic carbocycles. The predicted octanol–water partition coefficient (Wildman–Crippen LogP) is 5.22. The molecule has 2 aromatic rings. The smallest absolute Gasteiger partial charge is 0.416 e. The number of rotatable bonds is 7. The Kier molecular flexibility index (Phi) is 7.76. The molecule has 0 fully saturated rings. The lowest BCUT2D eigenvalue weighted by Gasteiger charge is -2.19. The zero-order chi connectivity index (χ0) is 24.1. The van der Waals surface area contributed by atoms with Gasteiger partial charge >= 0.3 is 12.4 Å². The average Bonchev–Trinajstić information content (AvgIpc) is 2.72. The van der Waals surface area contributed by atoms with Crippen molar-refractivity contribution in [3.8, 4) is 5.75 Å². The largest absolute Gasteiger partial charge is 0.484 e. The molecular formula is C21H20F6N2O3. The molecule has 0 aromatic heterocycles. The van der Waals surface area contributed by atoms with E-state index < -0.39 is 41.7 Å². The van der Waals surface area contributed by atoms with Gasteiger partial charge in [0.2, 0.25) is 0 Å². The second-order valence-corrected chi connectivity index (χ2v) is 6.64. The van der Waals surface area contributed by atoms with Crippen molar-refractivity contribution in [3.05, 3.63) is 59.2 Å². The summed E-state index contributed by atoms with van der Waals surface area (Å²) in [7, 11) is 0. The van der Waals surface area contributed by atoms with Crippen LogP contribution in [0.4, 0.5) is 32.0 Å². The van der Waals surface area contributed by atoms with Gasteiger partial charge in [-0.25, -0.2) is 0 Å². The van der Waals surface area contributed by atoms with Crippen LogP contribution in [0.3, 0.4) is 0 Å². The van der Waals surface area contributed by atoms with Crippen LogP contribution in [0.25, 0.3) is 0 Å². The summed E-state index contributed by atoms with van der Waals surface area (Å²) in [5.74, 6) is -1.85. The number of anilines is 1. The molecule has 32 heavy (non-hydrogen) atoms. The van der Waals surface area contributed by atoms with Crippen LogP contribution in [-0.4, -0.2) is 36.4 Å². The Balaban J connectivity index is 2.12. The van der Waals surface area contributed by atoms with Crippen LogP contribution in [-0.2, 0) is 17.1 Å². The monoisotopic (exact) mass is 462 g/mol. The maximum Gasteiger partial charge on any atom is 0.416 e. The molecule has 0 heterocycles. The number of benzene rings is 2. The lowest BCUT2D eigenvalue weighted by atomic mass is 10.1. The van der Waals surface area contributed by atoms with Gasteiger partial charge in [0.25, 0.3) is 11.8 Å². The van der Waals surface area contributed by atoms with Gasteiger partial charge in [0.15, 0.2) is 6.61 Å². The Morgan fingerprint density at radius 3 is 1.97 bits per heavy atom. The molecule has 0 saturated carbocycles. The first kappa shape index (κ1) is 25.0. The number of carbonyl (C=O) groups excluding carboxylic acids is 2. The van der Waals surface area contributed by atoms with E-state index in [-0.39, 0.29) is 17.7 Å². The highest BCUT2D eigenvalue weighted by atomic mass is 19.4. The molecule has 1 N–H and O–H groups in total. The van der Waals surface area contributed by atoms with Gasteiger partial charge in [-0.1, -0.05) is 6.07 Å². The Bertz CT molecular complexity index is 936. The van der Waals surface area contributed by atoms with E-state index in [0.29, 0.717) is 30.8 Å². The minimum absolute atomic E-state index is 0.0364. The van der Waals surface area contributed by atoms with Gasteiger partial charge in [-0.05, 0) is 50.2 Å². The van der Waals surface area contributed by atoms with Gasteiger partial charge < -0.3 is 15.0 Å². The summed E-state index contributed by atoms with van der Waals surface area (Å²) in [5.41, 5.74) is -2.58. The quantitative estimate of drug-likeness (QED) is 0.574. The fourth-order valence-corrected chi connectivity index (χ4v) is 2.78. The molecule has 2 amide bonds. The van der Waals surface area contributed by atoms with Crippen LogP contribution in [0.5, 0.6) is 5.75 Å². The number of amides is 2. The Hall–Kier alpha value is -3.24. The fourth-order valence-electron chi connectivity index (χ4n) is 2.78. The number of alkyl halides is 6. The molecule has 174 valence electrons. The average molecular weight is 462 g/mol. The maximum absolute atomic E-state index is 12.9. The Morgan fingerprint density at radius 2 is 1.47 bits per heavy atom. The molecule has 0 radical (unpaired) electrons. The van der Waals surface area contributed by atoms with Gasteiger partial charge in [0, 0.05) is 24.3 Å². The minimum atomic E-state index is -5.03. The molecule has 0 unspecified atom stereocenters. The molecule has 0 aliphatic heterocycles. The normalized spacial score (nSPS) is 11.8. The van der Waals surface area contributed by atoms with Gasteiger partial charge in [0.1, 0.15) is 5.75 Å². The van der Waals surface area contributed by atoms with E-state index in [2.05, 4.69) is 5.32 Å². The summed E-state index contributed by atoms with van der Waals surface area (Å²) in [6, 6.07) is 6.68. The van der Waals surface area contributed by atoms with E-state index in [1.165, 1.54) is 18.2 Å². The molecule has 0 saturated heterocycles. The summed E-state index contributed by atoms with van der Waals surface area (Å²) in [4.78, 5) is 26.1. The molecule has 0 aliphatic rings. The van der Waals surface area contributed by atoms with Crippen LogP contribution >= 0.6 is 0 Å². The van der Waals surface area contributed by atoms with Crippen molar-refractivity contribution in [2.75, 3.05) is 25.0 Å². The summed E-state index contributed by atoms with van der Waals surface area (Å²) in [6.07, 6.45) is -10.1. The first-order chi connectivity index (χ1) is 14.8. The van der Waals surface area contributed by atoms with Crippen LogP contribution in [0, 0.1) is 0 Å². The van der Waals surface area contributed by atoms with Gasteiger partial charge in [0.05, 0.1) is 11.1 Å². The molecule has 0 bridgehead atoms. The zero-order valence-electron chi connectivity index (χ0n) is 17.1. The van der Waals surface area contributed by atoms with Crippen molar-refractivity contribution in [1.29, 1.82) is 0 Å². The number of carbonyl (C=O) groups is 2.